The number of nitrogens with one attached hydrogen (secondary N) is 1. The van der Waals surface area contributed by atoms with Crippen molar-refractivity contribution in [3.63, 3.8) is 0 Å². The third kappa shape index (κ3) is 5.09. The summed E-state index contributed by atoms with van der Waals surface area (Å²) in [4.78, 5) is 15.2. The van der Waals surface area contributed by atoms with Gasteiger partial charge in [0.05, 0.1) is 0 Å². The molecule has 0 saturated carbocycles. The Labute approximate surface area is 73.4 Å². The Kier molecular flexibility index (Phi) is 5.66. The summed E-state index contributed by atoms with van der Waals surface area (Å²) in [5.74, 6) is 0.0315. The number of hydrogen-bond acceptors (Lipinski definition) is 3. The first-order chi connectivity index (χ1) is 5.57. The lowest BCUT2D eigenvalue weighted by Gasteiger charge is -2.19. The summed E-state index contributed by atoms with van der Waals surface area (Å²) in [6.45, 7) is 6.18. The van der Waals surface area contributed by atoms with Crippen LogP contribution in [0.4, 0.5) is 0 Å². The van der Waals surface area contributed by atoms with E-state index in [4.69, 9.17) is 10.6 Å². The molecule has 0 aromatic carbocycles. The van der Waals surface area contributed by atoms with Crippen molar-refractivity contribution in [2.45, 2.75) is 33.2 Å². The van der Waals surface area contributed by atoms with E-state index in [9.17, 15) is 4.79 Å². The van der Waals surface area contributed by atoms with Gasteiger partial charge >= 0.3 is 0 Å². The van der Waals surface area contributed by atoms with E-state index < -0.39 is 5.91 Å². The molecular weight excluding hydrogens is 156 g/mol. The number of rotatable bonds is 6. The van der Waals surface area contributed by atoms with Gasteiger partial charge in [-0.05, 0) is 12.3 Å². The van der Waals surface area contributed by atoms with Crippen LogP contribution >= 0.6 is 0 Å². The van der Waals surface area contributed by atoms with Crippen molar-refractivity contribution < 1.29 is 9.63 Å². The molecule has 1 unspecified atom stereocenters. The van der Waals surface area contributed by atoms with Gasteiger partial charge in [0.25, 0.3) is 0 Å². The minimum absolute atomic E-state index is 0.0662. The highest BCUT2D eigenvalue weighted by atomic mass is 16.6. The zero-order chi connectivity index (χ0) is 9.56. The van der Waals surface area contributed by atoms with E-state index in [0.29, 0.717) is 5.92 Å². The molecule has 0 aromatic heterocycles. The molecule has 0 saturated heterocycles. The minimum Gasteiger partial charge on any atom is -0.368 e. The van der Waals surface area contributed by atoms with E-state index >= 15 is 0 Å². The van der Waals surface area contributed by atoms with Gasteiger partial charge in [0.1, 0.15) is 6.61 Å². The Morgan fingerprint density at radius 3 is 2.50 bits per heavy atom. The molecule has 1 atom stereocenters. The summed E-state index contributed by atoms with van der Waals surface area (Å²) in [6.07, 6.45) is 0.969. The van der Waals surface area contributed by atoms with E-state index in [2.05, 4.69) is 26.3 Å². The monoisotopic (exact) mass is 174 g/mol. The van der Waals surface area contributed by atoms with Gasteiger partial charge in [0.2, 0.25) is 5.91 Å². The van der Waals surface area contributed by atoms with Gasteiger partial charge in [0.15, 0.2) is 0 Å². The van der Waals surface area contributed by atoms with Crippen LogP contribution in [0.25, 0.3) is 0 Å². The third-order valence-corrected chi connectivity index (χ3v) is 1.69. The Balaban J connectivity index is 3.51. The molecular formula is C8H18N2O2. The number of primary amides is 1. The van der Waals surface area contributed by atoms with Gasteiger partial charge in [0, 0.05) is 6.04 Å². The second-order valence-corrected chi connectivity index (χ2v) is 3.13. The van der Waals surface area contributed by atoms with E-state index in [0.717, 1.165) is 6.42 Å². The number of carbonyl (C=O) groups is 1. The maximum Gasteiger partial charge on any atom is 0.245 e. The molecule has 0 radical (unpaired) electrons. The molecule has 0 aromatic rings. The van der Waals surface area contributed by atoms with Gasteiger partial charge < -0.3 is 5.73 Å². The maximum atomic E-state index is 10.3. The Morgan fingerprint density at radius 1 is 1.58 bits per heavy atom. The molecule has 0 bridgehead atoms. The lowest BCUT2D eigenvalue weighted by atomic mass is 10.0. The fourth-order valence-corrected chi connectivity index (χ4v) is 0.911. The number of hydrogen-bond donors (Lipinski definition) is 2. The lowest BCUT2D eigenvalue weighted by Crippen LogP contribution is -2.35. The normalized spacial score (nSPS) is 13.3. The zero-order valence-corrected chi connectivity index (χ0v) is 7.96. The van der Waals surface area contributed by atoms with Crippen LogP contribution < -0.4 is 11.2 Å². The van der Waals surface area contributed by atoms with Crippen molar-refractivity contribution in [2.75, 3.05) is 6.61 Å². The predicted octanol–water partition coefficient (Wildman–Crippen LogP) is 0.427. The number of nitrogens with two attached hydrogens (primary N) is 1. The van der Waals surface area contributed by atoms with Crippen LogP contribution in [0.3, 0.4) is 0 Å². The van der Waals surface area contributed by atoms with Crippen LogP contribution in [0.5, 0.6) is 0 Å². The molecule has 0 heterocycles. The van der Waals surface area contributed by atoms with E-state index in [-0.39, 0.29) is 12.6 Å². The summed E-state index contributed by atoms with van der Waals surface area (Å²) >= 11 is 0. The Morgan fingerprint density at radius 2 is 2.17 bits per heavy atom. The number of amides is 1. The number of carbonyl (C=O) groups excluding carboxylic acids is 1. The average Bonchev–Trinajstić information content (AvgIpc) is 1.96. The van der Waals surface area contributed by atoms with Crippen molar-refractivity contribution >= 4 is 5.91 Å². The predicted molar refractivity (Wildman–Crippen MR) is 47.2 cm³/mol. The average molecular weight is 174 g/mol. The van der Waals surface area contributed by atoms with Crippen molar-refractivity contribution in [3.8, 4) is 0 Å². The number of hydroxylamine groups is 1. The highest BCUT2D eigenvalue weighted by Crippen LogP contribution is 2.04. The minimum atomic E-state index is -0.457. The van der Waals surface area contributed by atoms with Crippen LogP contribution in [0, 0.1) is 5.92 Å². The Bertz CT molecular complexity index is 137. The van der Waals surface area contributed by atoms with E-state index in [1.165, 1.54) is 0 Å². The summed E-state index contributed by atoms with van der Waals surface area (Å²) < 4.78 is 0. The molecule has 12 heavy (non-hydrogen) atoms. The van der Waals surface area contributed by atoms with Crippen molar-refractivity contribution in [2.24, 2.45) is 11.7 Å². The molecule has 0 spiro atoms. The fraction of sp³-hybridized carbons (Fsp3) is 0.875. The van der Waals surface area contributed by atoms with Crippen LogP contribution in [-0.4, -0.2) is 18.6 Å². The summed E-state index contributed by atoms with van der Waals surface area (Å²) in [5.41, 5.74) is 7.69. The molecule has 0 fully saturated rings. The van der Waals surface area contributed by atoms with Gasteiger partial charge in [-0.2, -0.15) is 5.48 Å². The van der Waals surface area contributed by atoms with Crippen LogP contribution in [0.15, 0.2) is 0 Å². The largest absolute Gasteiger partial charge is 0.368 e. The van der Waals surface area contributed by atoms with Crippen LogP contribution in [-0.2, 0) is 9.63 Å². The first kappa shape index (κ1) is 11.4. The SMILES string of the molecule is CCC(NOCC(N)=O)C(C)C. The molecule has 3 N–H and O–H groups in total. The van der Waals surface area contributed by atoms with Gasteiger partial charge in [-0.1, -0.05) is 20.8 Å². The standard InChI is InChI=1S/C8H18N2O2/c1-4-7(6(2)3)10-12-5-8(9)11/h6-7,10H,4-5H2,1-3H3,(H2,9,11). The molecule has 0 aliphatic rings. The topological polar surface area (TPSA) is 64.3 Å². The summed E-state index contributed by atoms with van der Waals surface area (Å²) in [5, 5.41) is 0. The van der Waals surface area contributed by atoms with Crippen molar-refractivity contribution in [1.82, 2.24) is 5.48 Å². The first-order valence-electron chi connectivity index (χ1n) is 4.23. The molecule has 4 nitrogen and oxygen atoms in total. The zero-order valence-electron chi connectivity index (χ0n) is 7.96. The molecule has 0 aliphatic heterocycles. The highest BCUT2D eigenvalue weighted by Gasteiger charge is 2.10. The first-order valence-corrected chi connectivity index (χ1v) is 4.23. The third-order valence-electron chi connectivity index (χ3n) is 1.69. The van der Waals surface area contributed by atoms with Crippen LogP contribution in [0.2, 0.25) is 0 Å². The molecule has 72 valence electrons. The van der Waals surface area contributed by atoms with Gasteiger partial charge in [-0.3, -0.25) is 9.63 Å². The van der Waals surface area contributed by atoms with Crippen molar-refractivity contribution in [3.05, 3.63) is 0 Å². The van der Waals surface area contributed by atoms with Crippen LogP contribution in [0.1, 0.15) is 27.2 Å². The lowest BCUT2D eigenvalue weighted by molar-refractivity contribution is -0.126. The van der Waals surface area contributed by atoms with Gasteiger partial charge in [-0.25, -0.2) is 0 Å². The van der Waals surface area contributed by atoms with E-state index in [1.807, 2.05) is 0 Å². The smallest absolute Gasteiger partial charge is 0.245 e. The Hall–Kier alpha value is -0.610. The highest BCUT2D eigenvalue weighted by molar-refractivity contribution is 5.74. The van der Waals surface area contributed by atoms with Gasteiger partial charge in [-0.15, -0.1) is 0 Å². The fourth-order valence-electron chi connectivity index (χ4n) is 0.911. The molecule has 0 aliphatic carbocycles. The summed E-state index contributed by atoms with van der Waals surface area (Å²) in [6, 6.07) is 0.282. The quantitative estimate of drug-likeness (QED) is 0.574. The molecule has 4 heteroatoms. The molecule has 1 amide bonds. The summed E-state index contributed by atoms with van der Waals surface area (Å²) in [7, 11) is 0. The second-order valence-electron chi connectivity index (χ2n) is 3.13. The second kappa shape index (κ2) is 5.97. The maximum absolute atomic E-state index is 10.3. The van der Waals surface area contributed by atoms with Crippen molar-refractivity contribution in [1.29, 1.82) is 0 Å². The molecule has 0 rings (SSSR count). The van der Waals surface area contributed by atoms with E-state index in [1.54, 1.807) is 0 Å².